The summed E-state index contributed by atoms with van der Waals surface area (Å²) in [6.45, 7) is 0. The standard InChI is InChI=1S/C9H7Ge/c10-9-6-5-7-3-1-2-4-8(7)9/h1-4,6H,5H2. The first-order valence-electron chi connectivity index (χ1n) is 3.38. The van der Waals surface area contributed by atoms with Crippen molar-refractivity contribution in [2.24, 2.45) is 0 Å². The quantitative estimate of drug-likeness (QED) is 0.543. The average Bonchev–Trinajstić information content (AvgIpc) is 2.34. The zero-order valence-electron chi connectivity index (χ0n) is 5.59. The third-order valence-corrected chi connectivity index (χ3v) is 2.83. The second-order valence-corrected chi connectivity index (χ2v) is 3.61. The number of fused-ring (bicyclic) bond motifs is 1. The predicted octanol–water partition coefficient (Wildman–Crippen LogP) is 1.75. The normalized spacial score (nSPS) is 14.7. The fourth-order valence-electron chi connectivity index (χ4n) is 1.28. The Morgan fingerprint density at radius 3 is 2.80 bits per heavy atom. The molecule has 1 aromatic rings. The van der Waals surface area contributed by atoms with E-state index in [2.05, 4.69) is 46.9 Å². The van der Waals surface area contributed by atoms with Crippen molar-refractivity contribution >= 4 is 20.9 Å². The molecule has 0 fully saturated rings. The maximum absolute atomic E-state index is 2.28. The van der Waals surface area contributed by atoms with Crippen molar-refractivity contribution in [3.63, 3.8) is 0 Å². The summed E-state index contributed by atoms with van der Waals surface area (Å²) in [5, 5.41) is 0. The third-order valence-electron chi connectivity index (χ3n) is 1.83. The van der Waals surface area contributed by atoms with Crippen molar-refractivity contribution in [3.05, 3.63) is 41.5 Å². The molecule has 0 atom stereocenters. The molecule has 1 aliphatic carbocycles. The van der Waals surface area contributed by atoms with Gasteiger partial charge in [-0.3, -0.25) is 0 Å². The first-order valence-corrected chi connectivity index (χ1v) is 4.43. The molecule has 3 radical (unpaired) electrons. The van der Waals surface area contributed by atoms with E-state index in [0.717, 1.165) is 6.42 Å². The van der Waals surface area contributed by atoms with E-state index in [1.54, 1.807) is 0 Å². The molecular weight excluding hydrogens is 181 g/mol. The molecule has 0 heterocycles. The zero-order valence-corrected chi connectivity index (χ0v) is 7.69. The zero-order chi connectivity index (χ0) is 6.97. The Morgan fingerprint density at radius 2 is 2.00 bits per heavy atom. The molecule has 0 aliphatic heterocycles. The van der Waals surface area contributed by atoms with Crippen LogP contribution in [-0.2, 0) is 6.42 Å². The molecule has 0 saturated carbocycles. The fraction of sp³-hybridized carbons (Fsp3) is 0.111. The van der Waals surface area contributed by atoms with E-state index in [1.165, 1.54) is 15.5 Å². The van der Waals surface area contributed by atoms with Crippen LogP contribution in [0.1, 0.15) is 11.1 Å². The summed E-state index contributed by atoms with van der Waals surface area (Å²) in [5.74, 6) is 0. The van der Waals surface area contributed by atoms with Gasteiger partial charge in [0.05, 0.1) is 0 Å². The number of hydrogen-bond acceptors (Lipinski definition) is 0. The molecule has 1 heteroatoms. The molecule has 0 spiro atoms. The van der Waals surface area contributed by atoms with Crippen LogP contribution >= 0.6 is 0 Å². The average molecular weight is 188 g/mol. The molecule has 0 amide bonds. The molecule has 0 saturated heterocycles. The van der Waals surface area contributed by atoms with Gasteiger partial charge in [-0.2, -0.15) is 0 Å². The van der Waals surface area contributed by atoms with Gasteiger partial charge in [0.25, 0.3) is 0 Å². The minimum atomic E-state index is 1.13. The SMILES string of the molecule is [Ge][C]1=CCc2ccccc21. The summed E-state index contributed by atoms with van der Waals surface area (Å²) in [6, 6.07) is 8.59. The Kier molecular flexibility index (Phi) is 1.42. The molecule has 47 valence electrons. The molecule has 0 nitrogen and oxygen atoms in total. The first-order chi connectivity index (χ1) is 4.88. The van der Waals surface area contributed by atoms with Crippen molar-refractivity contribution in [1.29, 1.82) is 0 Å². The van der Waals surface area contributed by atoms with Gasteiger partial charge in [-0.25, -0.2) is 0 Å². The van der Waals surface area contributed by atoms with Crippen LogP contribution in [-0.4, -0.2) is 16.5 Å². The van der Waals surface area contributed by atoms with Gasteiger partial charge in [0, 0.05) is 0 Å². The van der Waals surface area contributed by atoms with Gasteiger partial charge < -0.3 is 0 Å². The summed E-state index contributed by atoms with van der Waals surface area (Å²) < 4.78 is 1.43. The second-order valence-electron chi connectivity index (χ2n) is 2.48. The summed E-state index contributed by atoms with van der Waals surface area (Å²) in [5.41, 5.74) is 2.91. The van der Waals surface area contributed by atoms with E-state index >= 15 is 0 Å². The summed E-state index contributed by atoms with van der Waals surface area (Å²) >= 11 is 2.17. The van der Waals surface area contributed by atoms with Crippen LogP contribution in [0.2, 0.25) is 0 Å². The molecule has 0 aromatic heterocycles. The molecule has 1 aromatic carbocycles. The fourth-order valence-corrected chi connectivity index (χ4v) is 2.01. The van der Waals surface area contributed by atoms with Crippen LogP contribution in [0.3, 0.4) is 0 Å². The molecule has 1 aliphatic rings. The van der Waals surface area contributed by atoms with Crippen molar-refractivity contribution < 1.29 is 0 Å². The topological polar surface area (TPSA) is 0 Å². The van der Waals surface area contributed by atoms with E-state index in [0.29, 0.717) is 0 Å². The number of benzene rings is 1. The van der Waals surface area contributed by atoms with Crippen molar-refractivity contribution in [2.45, 2.75) is 6.42 Å². The molecule has 0 N–H and O–H groups in total. The van der Waals surface area contributed by atoms with E-state index in [4.69, 9.17) is 0 Å². The maximum atomic E-state index is 2.28. The van der Waals surface area contributed by atoms with Crippen molar-refractivity contribution in [1.82, 2.24) is 0 Å². The van der Waals surface area contributed by atoms with Gasteiger partial charge >= 0.3 is 68.8 Å². The van der Waals surface area contributed by atoms with Crippen LogP contribution in [0.25, 0.3) is 4.41 Å². The van der Waals surface area contributed by atoms with Crippen LogP contribution in [0.5, 0.6) is 0 Å². The van der Waals surface area contributed by atoms with Crippen molar-refractivity contribution in [2.75, 3.05) is 0 Å². The Bertz CT molecular complexity index is 287. The van der Waals surface area contributed by atoms with E-state index in [-0.39, 0.29) is 0 Å². The molecule has 2 rings (SSSR count). The number of hydrogen-bond donors (Lipinski definition) is 0. The predicted molar refractivity (Wildman–Crippen MR) is 43.9 cm³/mol. The van der Waals surface area contributed by atoms with Crippen molar-refractivity contribution in [3.8, 4) is 0 Å². The minimum absolute atomic E-state index is 1.13. The van der Waals surface area contributed by atoms with Gasteiger partial charge in [-0.1, -0.05) is 0 Å². The third kappa shape index (κ3) is 0.834. The van der Waals surface area contributed by atoms with Crippen LogP contribution in [0.4, 0.5) is 0 Å². The van der Waals surface area contributed by atoms with Crippen LogP contribution < -0.4 is 0 Å². The Labute approximate surface area is 69.2 Å². The van der Waals surface area contributed by atoms with Gasteiger partial charge in [-0.05, 0) is 0 Å². The van der Waals surface area contributed by atoms with Gasteiger partial charge in [0.2, 0.25) is 0 Å². The number of allylic oxidation sites excluding steroid dienone is 1. The Balaban J connectivity index is 2.61. The second kappa shape index (κ2) is 2.28. The first kappa shape index (κ1) is 6.23. The molecular formula is C9H7Ge. The van der Waals surface area contributed by atoms with E-state index < -0.39 is 0 Å². The van der Waals surface area contributed by atoms with Crippen LogP contribution in [0, 0.1) is 0 Å². The molecule has 0 unspecified atom stereocenters. The van der Waals surface area contributed by atoms with Gasteiger partial charge in [-0.15, -0.1) is 0 Å². The summed E-state index contributed by atoms with van der Waals surface area (Å²) in [7, 11) is 0. The number of rotatable bonds is 0. The van der Waals surface area contributed by atoms with Gasteiger partial charge in [0.15, 0.2) is 0 Å². The summed E-state index contributed by atoms with van der Waals surface area (Å²) in [6.07, 6.45) is 3.41. The monoisotopic (exact) mass is 189 g/mol. The van der Waals surface area contributed by atoms with Gasteiger partial charge in [0.1, 0.15) is 0 Å². The van der Waals surface area contributed by atoms with Crippen LogP contribution in [0.15, 0.2) is 30.3 Å². The van der Waals surface area contributed by atoms with E-state index in [9.17, 15) is 0 Å². The molecule has 0 bridgehead atoms. The Morgan fingerprint density at radius 1 is 1.20 bits per heavy atom. The summed E-state index contributed by atoms with van der Waals surface area (Å²) in [4.78, 5) is 0. The Hall–Kier alpha value is -0.497. The molecule has 10 heavy (non-hydrogen) atoms. The van der Waals surface area contributed by atoms with E-state index in [1.807, 2.05) is 0 Å².